The number of fused-ring (bicyclic) bond motifs is 2. The van der Waals surface area contributed by atoms with Crippen LogP contribution < -0.4 is 4.90 Å². The SMILES string of the molecule is C1=CC2=CC=CC3=C4C(=CC(=C1)C23)Cc1ccccc1N4c1ccccc1. The van der Waals surface area contributed by atoms with Crippen molar-refractivity contribution in [1.29, 1.82) is 0 Å². The molecular formula is C26H19N. The summed E-state index contributed by atoms with van der Waals surface area (Å²) >= 11 is 0. The van der Waals surface area contributed by atoms with E-state index in [1.54, 1.807) is 0 Å². The van der Waals surface area contributed by atoms with Crippen LogP contribution in [0.3, 0.4) is 0 Å². The van der Waals surface area contributed by atoms with Gasteiger partial charge in [0.05, 0.1) is 5.70 Å². The molecule has 0 bridgehead atoms. The minimum absolute atomic E-state index is 0.357. The van der Waals surface area contributed by atoms with Crippen molar-refractivity contribution >= 4 is 11.4 Å². The second kappa shape index (κ2) is 5.59. The third-order valence-corrected chi connectivity index (χ3v) is 5.89. The number of nitrogens with zero attached hydrogens (tertiary/aromatic N) is 1. The average molecular weight is 345 g/mol. The molecule has 0 aromatic heterocycles. The first kappa shape index (κ1) is 14.8. The summed E-state index contributed by atoms with van der Waals surface area (Å²) in [5, 5.41) is 0. The van der Waals surface area contributed by atoms with Gasteiger partial charge in [-0.05, 0) is 46.1 Å². The first-order valence-electron chi connectivity index (χ1n) is 9.55. The molecule has 1 unspecified atom stereocenters. The Hall–Kier alpha value is -3.32. The molecule has 1 nitrogen and oxygen atoms in total. The zero-order valence-corrected chi connectivity index (χ0v) is 15.0. The molecule has 1 aliphatic heterocycles. The smallest absolute Gasteiger partial charge is 0.0538 e. The maximum absolute atomic E-state index is 2.46. The van der Waals surface area contributed by atoms with Crippen molar-refractivity contribution in [3.8, 4) is 0 Å². The van der Waals surface area contributed by atoms with E-state index in [9.17, 15) is 0 Å². The first-order chi connectivity index (χ1) is 13.4. The van der Waals surface area contributed by atoms with Crippen molar-refractivity contribution in [3.63, 3.8) is 0 Å². The molecule has 4 aliphatic rings. The van der Waals surface area contributed by atoms with E-state index in [1.807, 2.05) is 0 Å². The summed E-state index contributed by atoms with van der Waals surface area (Å²) in [5.74, 6) is 0.357. The Morgan fingerprint density at radius 3 is 2.48 bits per heavy atom. The Balaban J connectivity index is 1.67. The zero-order chi connectivity index (χ0) is 17.8. The second-order valence-corrected chi connectivity index (χ2v) is 7.43. The topological polar surface area (TPSA) is 3.24 Å². The quantitative estimate of drug-likeness (QED) is 0.596. The van der Waals surface area contributed by atoms with Crippen LogP contribution in [0.2, 0.25) is 0 Å². The van der Waals surface area contributed by atoms with Gasteiger partial charge < -0.3 is 4.90 Å². The number of hydrogen-bond donors (Lipinski definition) is 0. The third-order valence-electron chi connectivity index (χ3n) is 5.89. The number of allylic oxidation sites excluding steroid dienone is 11. The molecular weight excluding hydrogens is 326 g/mol. The molecule has 6 rings (SSSR count). The van der Waals surface area contributed by atoms with Gasteiger partial charge in [0.25, 0.3) is 0 Å². The van der Waals surface area contributed by atoms with Crippen LogP contribution in [-0.2, 0) is 6.42 Å². The molecule has 2 aromatic carbocycles. The maximum Gasteiger partial charge on any atom is 0.0538 e. The fraction of sp³-hybridized carbons (Fsp3) is 0.0769. The van der Waals surface area contributed by atoms with E-state index in [1.165, 1.54) is 44.9 Å². The molecule has 0 fully saturated rings. The van der Waals surface area contributed by atoms with Crippen molar-refractivity contribution in [3.05, 3.63) is 131 Å². The number of rotatable bonds is 1. The highest BCUT2D eigenvalue weighted by Gasteiger charge is 2.36. The van der Waals surface area contributed by atoms with Gasteiger partial charge in [0.15, 0.2) is 0 Å². The third kappa shape index (κ3) is 2.12. The summed E-state index contributed by atoms with van der Waals surface area (Å²) < 4.78 is 0. The van der Waals surface area contributed by atoms with E-state index in [4.69, 9.17) is 0 Å². The normalized spacial score (nSPS) is 21.7. The molecule has 1 atom stereocenters. The Morgan fingerprint density at radius 1 is 0.778 bits per heavy atom. The van der Waals surface area contributed by atoms with Crippen molar-refractivity contribution in [2.45, 2.75) is 6.42 Å². The summed E-state index contributed by atoms with van der Waals surface area (Å²) in [7, 11) is 0. The van der Waals surface area contributed by atoms with E-state index in [2.05, 4.69) is 102 Å². The summed E-state index contributed by atoms with van der Waals surface area (Å²) in [5.41, 5.74) is 10.9. The first-order valence-corrected chi connectivity index (χ1v) is 9.55. The summed E-state index contributed by atoms with van der Waals surface area (Å²) in [6.07, 6.45) is 16.9. The molecule has 0 saturated carbocycles. The number of para-hydroxylation sites is 2. The standard InChI is InChI=1S/C26H19N/c1-2-12-22(13-3-1)27-24-15-5-4-8-19(24)16-21-17-20-11-6-9-18-10-7-14-23(25(18)20)26(21)27/h1-15,17,25H,16H2. The number of benzene rings is 2. The van der Waals surface area contributed by atoms with Gasteiger partial charge in [-0.1, -0.05) is 78.9 Å². The molecule has 0 saturated heterocycles. The summed E-state index contributed by atoms with van der Waals surface area (Å²) in [6, 6.07) is 19.6. The Labute approximate surface area is 159 Å². The average Bonchev–Trinajstić information content (AvgIpc) is 2.73. The molecule has 128 valence electrons. The maximum atomic E-state index is 2.46. The second-order valence-electron chi connectivity index (χ2n) is 7.43. The van der Waals surface area contributed by atoms with Crippen molar-refractivity contribution in [2.75, 3.05) is 4.90 Å². The predicted molar refractivity (Wildman–Crippen MR) is 112 cm³/mol. The van der Waals surface area contributed by atoms with Crippen LogP contribution in [0.1, 0.15) is 5.56 Å². The summed E-state index contributed by atoms with van der Waals surface area (Å²) in [6.45, 7) is 0. The largest absolute Gasteiger partial charge is 0.310 e. The minimum atomic E-state index is 0.357. The fourth-order valence-electron chi connectivity index (χ4n) is 4.78. The lowest BCUT2D eigenvalue weighted by Crippen LogP contribution is -2.31. The highest BCUT2D eigenvalue weighted by Crippen LogP contribution is 2.50. The van der Waals surface area contributed by atoms with Crippen LogP contribution in [0.4, 0.5) is 11.4 Å². The van der Waals surface area contributed by atoms with Crippen LogP contribution in [0.25, 0.3) is 0 Å². The minimum Gasteiger partial charge on any atom is -0.310 e. The molecule has 0 radical (unpaired) electrons. The lowest BCUT2D eigenvalue weighted by molar-refractivity contribution is 0.825. The van der Waals surface area contributed by atoms with Crippen molar-refractivity contribution in [1.82, 2.24) is 0 Å². The van der Waals surface area contributed by atoms with E-state index in [0.29, 0.717) is 5.92 Å². The number of hydrogen-bond acceptors (Lipinski definition) is 1. The van der Waals surface area contributed by atoms with Gasteiger partial charge in [-0.25, -0.2) is 0 Å². The zero-order valence-electron chi connectivity index (χ0n) is 15.0. The van der Waals surface area contributed by atoms with Crippen molar-refractivity contribution in [2.24, 2.45) is 5.92 Å². The van der Waals surface area contributed by atoms with Gasteiger partial charge in [-0.2, -0.15) is 0 Å². The molecule has 1 heteroatoms. The highest BCUT2D eigenvalue weighted by atomic mass is 15.2. The van der Waals surface area contributed by atoms with Crippen LogP contribution in [0.5, 0.6) is 0 Å². The van der Waals surface area contributed by atoms with Gasteiger partial charge in [0.2, 0.25) is 0 Å². The molecule has 1 heterocycles. The van der Waals surface area contributed by atoms with Gasteiger partial charge >= 0.3 is 0 Å². The van der Waals surface area contributed by atoms with Crippen LogP contribution in [0.15, 0.2) is 125 Å². The Bertz CT molecular complexity index is 1140. The van der Waals surface area contributed by atoms with Crippen LogP contribution >= 0.6 is 0 Å². The van der Waals surface area contributed by atoms with Crippen LogP contribution in [-0.4, -0.2) is 0 Å². The highest BCUT2D eigenvalue weighted by molar-refractivity contribution is 5.81. The van der Waals surface area contributed by atoms with E-state index in [0.717, 1.165) is 6.42 Å². The fourth-order valence-corrected chi connectivity index (χ4v) is 4.78. The molecule has 3 aliphatic carbocycles. The van der Waals surface area contributed by atoms with E-state index >= 15 is 0 Å². The van der Waals surface area contributed by atoms with E-state index < -0.39 is 0 Å². The molecule has 0 N–H and O–H groups in total. The monoisotopic (exact) mass is 345 g/mol. The summed E-state index contributed by atoms with van der Waals surface area (Å²) in [4.78, 5) is 2.46. The molecule has 2 aromatic rings. The lowest BCUT2D eigenvalue weighted by Gasteiger charge is -2.42. The molecule has 0 spiro atoms. The molecule has 0 amide bonds. The predicted octanol–water partition coefficient (Wildman–Crippen LogP) is 6.18. The van der Waals surface area contributed by atoms with E-state index in [-0.39, 0.29) is 0 Å². The van der Waals surface area contributed by atoms with Gasteiger partial charge in [0, 0.05) is 23.7 Å². The molecule has 27 heavy (non-hydrogen) atoms. The van der Waals surface area contributed by atoms with Crippen molar-refractivity contribution < 1.29 is 0 Å². The van der Waals surface area contributed by atoms with Gasteiger partial charge in [-0.15, -0.1) is 0 Å². The van der Waals surface area contributed by atoms with Gasteiger partial charge in [0.1, 0.15) is 0 Å². The van der Waals surface area contributed by atoms with Crippen LogP contribution in [0, 0.1) is 5.92 Å². The van der Waals surface area contributed by atoms with Gasteiger partial charge in [-0.3, -0.25) is 0 Å². The Morgan fingerprint density at radius 2 is 1.56 bits per heavy atom. The number of anilines is 2. The lowest BCUT2D eigenvalue weighted by atomic mass is 9.71. The Kier molecular flexibility index (Phi) is 3.06.